The highest BCUT2D eigenvalue weighted by Crippen LogP contribution is 2.30. The summed E-state index contributed by atoms with van der Waals surface area (Å²) in [6, 6.07) is 7.20. The molecule has 1 N–H and O–H groups in total. The second kappa shape index (κ2) is 9.13. The molecule has 1 amide bonds. The van der Waals surface area contributed by atoms with E-state index in [0.717, 1.165) is 16.6 Å². The Bertz CT molecular complexity index is 1150. The summed E-state index contributed by atoms with van der Waals surface area (Å²) < 4.78 is 30.6. The fourth-order valence-electron chi connectivity index (χ4n) is 3.07. The maximum Gasteiger partial charge on any atom is 0.338 e. The van der Waals surface area contributed by atoms with Gasteiger partial charge in [-0.1, -0.05) is 12.1 Å². The highest BCUT2D eigenvalue weighted by molar-refractivity contribution is 7.92. The second-order valence-corrected chi connectivity index (χ2v) is 8.78. The van der Waals surface area contributed by atoms with Gasteiger partial charge >= 0.3 is 5.97 Å². The normalized spacial score (nSPS) is 12.0. The second-order valence-electron chi connectivity index (χ2n) is 6.92. The number of aryl methyl sites for hydroxylation is 1. The van der Waals surface area contributed by atoms with Gasteiger partial charge in [-0.25, -0.2) is 13.2 Å². The Morgan fingerprint density at radius 2 is 1.84 bits per heavy atom. The van der Waals surface area contributed by atoms with E-state index in [1.165, 1.54) is 32.2 Å². The van der Waals surface area contributed by atoms with Crippen LogP contribution in [-0.2, 0) is 19.6 Å². The molecule has 0 aliphatic rings. The minimum atomic E-state index is -3.98. The number of non-ortho nitro benzene ring substituents is 1. The van der Waals surface area contributed by atoms with E-state index in [-0.39, 0.29) is 16.9 Å². The first-order chi connectivity index (χ1) is 14.4. The molecule has 0 aromatic heterocycles. The molecule has 2 aromatic carbocycles. The molecule has 1 unspecified atom stereocenters. The van der Waals surface area contributed by atoms with Crippen LogP contribution in [0.15, 0.2) is 36.4 Å². The Labute approximate surface area is 180 Å². The van der Waals surface area contributed by atoms with Crippen LogP contribution in [0.2, 0.25) is 0 Å². The molecule has 0 bridgehead atoms. The van der Waals surface area contributed by atoms with E-state index >= 15 is 0 Å². The number of nitro groups is 1. The number of benzene rings is 2. The number of sulfonamides is 1. The van der Waals surface area contributed by atoms with Crippen LogP contribution in [0.1, 0.15) is 28.4 Å². The van der Waals surface area contributed by atoms with Gasteiger partial charge in [0.2, 0.25) is 15.9 Å². The number of rotatable bonds is 7. The van der Waals surface area contributed by atoms with E-state index in [1.807, 2.05) is 0 Å². The molecule has 166 valence electrons. The van der Waals surface area contributed by atoms with Crippen LogP contribution >= 0.6 is 0 Å². The van der Waals surface area contributed by atoms with Gasteiger partial charge in [0.15, 0.2) is 0 Å². The van der Waals surface area contributed by atoms with Crippen molar-refractivity contribution in [1.82, 2.24) is 0 Å². The predicted octanol–water partition coefficient (Wildman–Crippen LogP) is 2.79. The highest BCUT2D eigenvalue weighted by Gasteiger charge is 2.31. The number of methoxy groups -OCH3 is 1. The van der Waals surface area contributed by atoms with Crippen molar-refractivity contribution >= 4 is 39.0 Å². The molecular formula is C20H23N3O7S. The van der Waals surface area contributed by atoms with Gasteiger partial charge in [0.25, 0.3) is 5.69 Å². The first kappa shape index (κ1) is 23.8. The number of carbonyl (C=O) groups excluding carboxylic acids is 2. The van der Waals surface area contributed by atoms with E-state index in [9.17, 15) is 28.1 Å². The lowest BCUT2D eigenvalue weighted by Gasteiger charge is -2.29. The molecule has 0 fully saturated rings. The first-order valence-electron chi connectivity index (χ1n) is 9.11. The van der Waals surface area contributed by atoms with Gasteiger partial charge in [-0.3, -0.25) is 19.2 Å². The third-order valence-electron chi connectivity index (χ3n) is 4.73. The maximum absolute atomic E-state index is 12.9. The number of ether oxygens (including phenoxy) is 1. The molecule has 0 aliphatic carbocycles. The van der Waals surface area contributed by atoms with Gasteiger partial charge in [-0.05, 0) is 44.0 Å². The van der Waals surface area contributed by atoms with E-state index < -0.39 is 32.9 Å². The van der Waals surface area contributed by atoms with Crippen LogP contribution in [0.5, 0.6) is 0 Å². The average molecular weight is 449 g/mol. The summed E-state index contributed by atoms with van der Waals surface area (Å²) in [6.45, 7) is 4.57. The Morgan fingerprint density at radius 1 is 1.19 bits per heavy atom. The molecule has 0 saturated heterocycles. The van der Waals surface area contributed by atoms with Gasteiger partial charge in [0, 0.05) is 17.8 Å². The van der Waals surface area contributed by atoms with Crippen molar-refractivity contribution in [2.24, 2.45) is 0 Å². The third-order valence-corrected chi connectivity index (χ3v) is 5.95. The fourth-order valence-corrected chi connectivity index (χ4v) is 4.29. The standard InChI is InChI=1S/C20H23N3O7S/c1-12-9-10-15(23(26)27)11-18(12)22(31(5,28)29)14(3)19(24)21-17-8-6-7-16(13(17)2)20(25)30-4/h6-11,14H,1-5H3,(H,21,24). The molecule has 0 spiro atoms. The monoisotopic (exact) mass is 449 g/mol. The summed E-state index contributed by atoms with van der Waals surface area (Å²) in [5.74, 6) is -1.26. The fraction of sp³-hybridized carbons (Fsp3) is 0.300. The molecule has 0 radical (unpaired) electrons. The number of carbonyl (C=O) groups is 2. The number of esters is 1. The number of hydrogen-bond donors (Lipinski definition) is 1. The van der Waals surface area contributed by atoms with Gasteiger partial charge in [0.05, 0.1) is 29.5 Å². The van der Waals surface area contributed by atoms with Crippen LogP contribution in [0.25, 0.3) is 0 Å². The number of nitro benzene ring substituents is 1. The lowest BCUT2D eigenvalue weighted by molar-refractivity contribution is -0.384. The van der Waals surface area contributed by atoms with Crippen molar-refractivity contribution in [3.63, 3.8) is 0 Å². The molecule has 1 atom stereocenters. The summed E-state index contributed by atoms with van der Waals surface area (Å²) in [5.41, 5.74) is 1.18. The largest absolute Gasteiger partial charge is 0.465 e. The zero-order chi connectivity index (χ0) is 23.5. The van der Waals surface area contributed by atoms with Gasteiger partial charge in [-0.15, -0.1) is 0 Å². The van der Waals surface area contributed by atoms with E-state index in [1.54, 1.807) is 26.0 Å². The van der Waals surface area contributed by atoms with Crippen molar-refractivity contribution in [1.29, 1.82) is 0 Å². The van der Waals surface area contributed by atoms with Gasteiger partial charge in [-0.2, -0.15) is 0 Å². The number of nitrogens with zero attached hydrogens (tertiary/aromatic N) is 2. The number of nitrogens with one attached hydrogen (secondary N) is 1. The summed E-state index contributed by atoms with van der Waals surface area (Å²) in [4.78, 5) is 35.3. The Morgan fingerprint density at radius 3 is 2.39 bits per heavy atom. The summed E-state index contributed by atoms with van der Waals surface area (Å²) >= 11 is 0. The van der Waals surface area contributed by atoms with Crippen LogP contribution in [0, 0.1) is 24.0 Å². The topological polar surface area (TPSA) is 136 Å². The van der Waals surface area contributed by atoms with Crippen LogP contribution in [0.3, 0.4) is 0 Å². The van der Waals surface area contributed by atoms with Crippen molar-refractivity contribution in [3.05, 3.63) is 63.2 Å². The summed E-state index contributed by atoms with van der Waals surface area (Å²) in [5, 5.41) is 13.8. The predicted molar refractivity (Wildman–Crippen MR) is 116 cm³/mol. The number of anilines is 2. The van der Waals surface area contributed by atoms with Crippen LogP contribution in [0.4, 0.5) is 17.1 Å². The minimum absolute atomic E-state index is 0.0272. The minimum Gasteiger partial charge on any atom is -0.465 e. The zero-order valence-corrected chi connectivity index (χ0v) is 18.5. The van der Waals surface area contributed by atoms with Crippen LogP contribution < -0.4 is 9.62 Å². The van der Waals surface area contributed by atoms with Gasteiger partial charge < -0.3 is 10.1 Å². The Kier molecular flexibility index (Phi) is 7.01. The van der Waals surface area contributed by atoms with E-state index in [4.69, 9.17) is 4.74 Å². The van der Waals surface area contributed by atoms with Crippen molar-refractivity contribution in [2.45, 2.75) is 26.8 Å². The maximum atomic E-state index is 12.9. The molecule has 11 heteroatoms. The van der Waals surface area contributed by atoms with Crippen molar-refractivity contribution in [2.75, 3.05) is 23.0 Å². The molecule has 2 aromatic rings. The van der Waals surface area contributed by atoms with Gasteiger partial charge in [0.1, 0.15) is 6.04 Å². The van der Waals surface area contributed by atoms with Crippen molar-refractivity contribution in [3.8, 4) is 0 Å². The molecule has 10 nitrogen and oxygen atoms in total. The third kappa shape index (κ3) is 5.18. The lowest BCUT2D eigenvalue weighted by Crippen LogP contribution is -2.45. The molecule has 0 heterocycles. The number of hydrogen-bond acceptors (Lipinski definition) is 7. The molecule has 0 aliphatic heterocycles. The van der Waals surface area contributed by atoms with E-state index in [0.29, 0.717) is 16.8 Å². The van der Waals surface area contributed by atoms with E-state index in [2.05, 4.69) is 5.32 Å². The average Bonchev–Trinajstić information content (AvgIpc) is 2.69. The Hall–Kier alpha value is -3.47. The quantitative estimate of drug-likeness (QED) is 0.390. The van der Waals surface area contributed by atoms with Crippen molar-refractivity contribution < 1.29 is 27.7 Å². The first-order valence-corrected chi connectivity index (χ1v) is 11.0. The molecule has 0 saturated carbocycles. The smallest absolute Gasteiger partial charge is 0.338 e. The highest BCUT2D eigenvalue weighted by atomic mass is 32.2. The molecule has 31 heavy (non-hydrogen) atoms. The molecule has 2 rings (SSSR count). The Balaban J connectivity index is 2.46. The zero-order valence-electron chi connectivity index (χ0n) is 17.7. The lowest BCUT2D eigenvalue weighted by atomic mass is 10.1. The van der Waals surface area contributed by atoms with Crippen LogP contribution in [-0.4, -0.2) is 44.6 Å². The molecular weight excluding hydrogens is 426 g/mol. The summed E-state index contributed by atoms with van der Waals surface area (Å²) in [7, 11) is -2.74. The summed E-state index contributed by atoms with van der Waals surface area (Å²) in [6.07, 6.45) is 0.915. The number of amides is 1. The SMILES string of the molecule is COC(=O)c1cccc(NC(=O)C(C)N(c2cc([N+](=O)[O-])ccc2C)S(C)(=O)=O)c1C.